The molecule has 3 heterocycles. The maximum absolute atomic E-state index is 14.4. The van der Waals surface area contributed by atoms with Gasteiger partial charge < -0.3 is 48.6 Å². The van der Waals surface area contributed by atoms with Crippen molar-refractivity contribution < 1.29 is 67.1 Å². The molecule has 4 aliphatic rings. The highest BCUT2D eigenvalue weighted by Gasteiger charge is 2.64. The van der Waals surface area contributed by atoms with E-state index >= 15 is 0 Å². The summed E-state index contributed by atoms with van der Waals surface area (Å²) >= 11 is 8.13. The molecule has 1 aliphatic carbocycles. The standard InChI is InChI=1S/C56H75ClN4O14S/c1-33-12-10-15-46(72-9)56(69)29-45(73-54(68)59-56)34(2)52-55(4,75-52)47(28-50(66)61(6)41-25-38(24-33)27-44(71-8)51(41)57)74-53(67)35(3)60(5)49(65)22-23-76-32-48(64)58-30-37-17-19-39(20-18-37)42(63)14-11-13-36-16-21-40(31-62)43(26-36)70-7/h10,12,15-16,21,25-27,31,34-35,37,39,45-47,52,69H,11,13-14,17-20,22-24,28-30,32H2,1-9H3,(H,58,64)(H,59,68)/b15-10+,33-12+/t34?,35-,37?,39?,45?,46?,47-,52?,55?,56?/m0/s1. The summed E-state index contributed by atoms with van der Waals surface area (Å²) in [6, 6.07) is 7.94. The van der Waals surface area contributed by atoms with E-state index in [1.54, 1.807) is 51.2 Å². The molecule has 4 bridgehead atoms. The third-order valence-corrected chi connectivity index (χ3v) is 16.8. The summed E-state index contributed by atoms with van der Waals surface area (Å²) in [4.78, 5) is 94.6. The fraction of sp³-hybridized carbons (Fsp3) is 0.589. The van der Waals surface area contributed by atoms with Gasteiger partial charge in [0.2, 0.25) is 17.7 Å². The highest BCUT2D eigenvalue weighted by molar-refractivity contribution is 7.99. The number of amides is 4. The van der Waals surface area contributed by atoms with E-state index in [1.165, 1.54) is 56.9 Å². The Morgan fingerprint density at radius 2 is 1.79 bits per heavy atom. The number of ether oxygens (including phenoxy) is 6. The van der Waals surface area contributed by atoms with Gasteiger partial charge in [-0.2, -0.15) is 11.8 Å². The molecule has 2 aromatic carbocycles. The molecule has 18 nitrogen and oxygen atoms in total. The van der Waals surface area contributed by atoms with Gasteiger partial charge in [0.25, 0.3) is 0 Å². The van der Waals surface area contributed by atoms with Crippen LogP contribution < -0.4 is 25.0 Å². The quantitative estimate of drug-likeness (QED) is 0.0558. The number of alkyl carbamates (subject to hydrolysis) is 1. The van der Waals surface area contributed by atoms with Crippen LogP contribution in [-0.4, -0.2) is 147 Å². The van der Waals surface area contributed by atoms with E-state index in [0.29, 0.717) is 54.3 Å². The third-order valence-electron chi connectivity index (χ3n) is 15.4. The molecule has 20 heteroatoms. The number of hydrogen-bond acceptors (Lipinski definition) is 15. The number of aldehydes is 1. The number of rotatable bonds is 19. The van der Waals surface area contributed by atoms with E-state index in [4.69, 9.17) is 40.0 Å². The first-order valence-corrected chi connectivity index (χ1v) is 27.5. The van der Waals surface area contributed by atoms with Crippen LogP contribution in [0.4, 0.5) is 10.5 Å². The van der Waals surface area contributed by atoms with Crippen LogP contribution >= 0.6 is 23.4 Å². The van der Waals surface area contributed by atoms with Gasteiger partial charge in [-0.1, -0.05) is 48.4 Å². The first-order chi connectivity index (χ1) is 36.1. The molecule has 76 heavy (non-hydrogen) atoms. The number of epoxide rings is 1. The average molecular weight is 1100 g/mol. The Kier molecular flexibility index (Phi) is 21.0. The van der Waals surface area contributed by atoms with Gasteiger partial charge in [0.05, 0.1) is 43.7 Å². The summed E-state index contributed by atoms with van der Waals surface area (Å²) in [7, 11) is 7.48. The molecule has 8 atom stereocenters. The van der Waals surface area contributed by atoms with Crippen LogP contribution in [0.5, 0.6) is 11.5 Å². The van der Waals surface area contributed by atoms with Crippen LogP contribution in [0.2, 0.25) is 5.02 Å². The van der Waals surface area contributed by atoms with Crippen LogP contribution in [0.3, 0.4) is 0 Å². The molecule has 3 N–H and O–H groups in total. The zero-order valence-electron chi connectivity index (χ0n) is 45.1. The fourth-order valence-corrected chi connectivity index (χ4v) is 11.5. The monoisotopic (exact) mass is 1090 g/mol. The second-order valence-electron chi connectivity index (χ2n) is 20.7. The van der Waals surface area contributed by atoms with Crippen molar-refractivity contribution in [2.75, 3.05) is 58.4 Å². The number of esters is 1. The second-order valence-corrected chi connectivity index (χ2v) is 22.2. The molecule has 0 aromatic heterocycles. The number of anilines is 1. The lowest BCUT2D eigenvalue weighted by atomic mass is 9.79. The largest absolute Gasteiger partial charge is 0.496 e. The summed E-state index contributed by atoms with van der Waals surface area (Å²) in [5.74, 6) is -0.436. The highest BCUT2D eigenvalue weighted by Crippen LogP contribution is 2.49. The average Bonchev–Trinajstić information content (AvgIpc) is 4.16. The lowest BCUT2D eigenvalue weighted by molar-refractivity contribution is -0.162. The zero-order valence-corrected chi connectivity index (χ0v) is 46.7. The van der Waals surface area contributed by atoms with Crippen molar-refractivity contribution in [3.05, 3.63) is 75.8 Å². The lowest BCUT2D eigenvalue weighted by Crippen LogP contribution is -2.63. The number of benzene rings is 2. The molecule has 3 fully saturated rings. The number of fused-ring (bicyclic) bond motifs is 5. The molecule has 2 aromatic rings. The lowest BCUT2D eigenvalue weighted by Gasteiger charge is -2.42. The maximum atomic E-state index is 14.4. The van der Waals surface area contributed by atoms with Crippen molar-refractivity contribution in [2.45, 2.75) is 140 Å². The molecule has 3 aliphatic heterocycles. The Balaban J connectivity index is 1.02. The van der Waals surface area contributed by atoms with E-state index in [2.05, 4.69) is 10.6 Å². The van der Waals surface area contributed by atoms with Crippen LogP contribution in [-0.2, 0) is 55.8 Å². The van der Waals surface area contributed by atoms with Gasteiger partial charge in [-0.05, 0) is 107 Å². The third kappa shape index (κ3) is 15.0. The maximum Gasteiger partial charge on any atom is 0.409 e. The smallest absolute Gasteiger partial charge is 0.409 e. The number of halogens is 1. The number of nitrogens with one attached hydrogen (secondary N) is 2. The molecule has 0 radical (unpaired) electrons. The normalized spacial score (nSPS) is 28.2. The predicted molar refractivity (Wildman–Crippen MR) is 288 cm³/mol. The van der Waals surface area contributed by atoms with Gasteiger partial charge in [-0.15, -0.1) is 0 Å². The van der Waals surface area contributed by atoms with Crippen LogP contribution in [0, 0.1) is 17.8 Å². The molecule has 0 spiro atoms. The number of carbonyl (C=O) groups excluding carboxylic acids is 7. The van der Waals surface area contributed by atoms with Gasteiger partial charge >= 0.3 is 12.1 Å². The number of Topliss-reactive ketones (excluding diaryl/α,β-unsaturated/α-hetero) is 1. The van der Waals surface area contributed by atoms with Crippen LogP contribution in [0.1, 0.15) is 107 Å². The minimum absolute atomic E-state index is 0.0190. The summed E-state index contributed by atoms with van der Waals surface area (Å²) in [6.07, 6.45) is 6.56. The van der Waals surface area contributed by atoms with Gasteiger partial charge in [-0.3, -0.25) is 29.3 Å². The van der Waals surface area contributed by atoms with Crippen molar-refractivity contribution in [3.8, 4) is 11.5 Å². The molecular formula is C56H75ClN4O14S. The number of aryl methyl sites for hydroxylation is 1. The molecule has 2 saturated heterocycles. The number of aliphatic hydroxyl groups is 1. The van der Waals surface area contributed by atoms with Gasteiger partial charge in [0.1, 0.15) is 52.3 Å². The zero-order chi connectivity index (χ0) is 55.5. The van der Waals surface area contributed by atoms with Gasteiger partial charge in [0, 0.05) is 64.6 Å². The fourth-order valence-electron chi connectivity index (χ4n) is 10.4. The Bertz CT molecular complexity index is 2520. The van der Waals surface area contributed by atoms with Gasteiger partial charge in [0.15, 0.2) is 12.0 Å². The van der Waals surface area contributed by atoms with Crippen molar-refractivity contribution in [2.24, 2.45) is 17.8 Å². The minimum atomic E-state index is -1.87. The van der Waals surface area contributed by atoms with Crippen LogP contribution in [0.15, 0.2) is 54.1 Å². The topological polar surface area (TPSA) is 229 Å². The van der Waals surface area contributed by atoms with Crippen molar-refractivity contribution in [1.29, 1.82) is 0 Å². The molecule has 416 valence electrons. The van der Waals surface area contributed by atoms with E-state index in [0.717, 1.165) is 55.1 Å². The number of hydrogen-bond donors (Lipinski definition) is 3. The Hall–Kier alpha value is -5.47. The molecular weight excluding hydrogens is 1020 g/mol. The molecule has 6 rings (SSSR count). The number of carbonyl (C=O) groups is 7. The van der Waals surface area contributed by atoms with E-state index < -0.39 is 65.7 Å². The Morgan fingerprint density at radius 1 is 1.07 bits per heavy atom. The van der Waals surface area contributed by atoms with Crippen molar-refractivity contribution >= 4 is 70.9 Å². The minimum Gasteiger partial charge on any atom is -0.496 e. The summed E-state index contributed by atoms with van der Waals surface area (Å²) < 4.78 is 34.8. The summed E-state index contributed by atoms with van der Waals surface area (Å²) in [5, 5.41) is 17.6. The Labute approximate surface area is 455 Å². The molecule has 6 unspecified atom stereocenters. The first-order valence-electron chi connectivity index (χ1n) is 26.0. The Morgan fingerprint density at radius 3 is 2.47 bits per heavy atom. The number of allylic oxidation sites excluding steroid dienone is 3. The number of ketones is 1. The number of methoxy groups -OCH3 is 3. The van der Waals surface area contributed by atoms with Gasteiger partial charge in [-0.25, -0.2) is 9.59 Å². The number of thioether (sulfide) groups is 1. The van der Waals surface area contributed by atoms with Crippen molar-refractivity contribution in [1.82, 2.24) is 15.5 Å². The molecule has 4 amide bonds. The first kappa shape index (κ1) is 59.8. The van der Waals surface area contributed by atoms with E-state index in [-0.39, 0.29) is 59.5 Å². The number of likely N-dealkylation sites (N-methyl/N-ethyl adjacent to an activating group) is 1. The van der Waals surface area contributed by atoms with Crippen LogP contribution in [0.25, 0.3) is 0 Å². The summed E-state index contributed by atoms with van der Waals surface area (Å²) in [6.45, 7) is 7.44. The predicted octanol–water partition coefficient (Wildman–Crippen LogP) is 6.97. The molecule has 1 saturated carbocycles. The highest BCUT2D eigenvalue weighted by atomic mass is 35.5. The SMILES string of the molecule is COc1cc(CCCC(=O)C2CCC(CNC(=O)CSCCC(=O)N(C)[C@@H](C)C(=O)O[C@H]3CC(=O)N(C)c4cc(cc(OC)c4Cl)C/C(C)=C/C=C/C(OC)C4(O)CC(OC(=O)N4)C(C)C4OC43C)CC2)ccc1C=O. The van der Waals surface area contributed by atoms with E-state index in [1.807, 2.05) is 25.1 Å². The second kappa shape index (κ2) is 26.7. The summed E-state index contributed by atoms with van der Waals surface area (Å²) in [5.41, 5.74) is 0.411. The van der Waals surface area contributed by atoms with Crippen molar-refractivity contribution in [3.63, 3.8) is 0 Å². The van der Waals surface area contributed by atoms with E-state index in [9.17, 15) is 38.7 Å². The number of nitrogens with zero attached hydrogens (tertiary/aromatic N) is 2.